The summed E-state index contributed by atoms with van der Waals surface area (Å²) in [6.07, 6.45) is -0.568. The van der Waals surface area contributed by atoms with Crippen LogP contribution in [0, 0.1) is 22.9 Å². The van der Waals surface area contributed by atoms with E-state index in [1.165, 1.54) is 6.92 Å². The van der Waals surface area contributed by atoms with E-state index < -0.39 is 28.4 Å². The third-order valence-corrected chi connectivity index (χ3v) is 2.53. The zero-order chi connectivity index (χ0) is 15.3. The van der Waals surface area contributed by atoms with E-state index in [0.29, 0.717) is 6.61 Å². The quantitative estimate of drug-likeness (QED) is 0.456. The zero-order valence-corrected chi connectivity index (χ0v) is 11.5. The number of hydrogen-bond acceptors (Lipinski definition) is 5. The first kappa shape index (κ1) is 16.0. The monoisotopic (exact) mass is 285 g/mol. The second-order valence-electron chi connectivity index (χ2n) is 4.26. The van der Waals surface area contributed by atoms with Crippen LogP contribution in [0.5, 0.6) is 0 Å². The molecule has 0 saturated heterocycles. The molecule has 0 spiro atoms. The molecule has 110 valence electrons. The van der Waals surface area contributed by atoms with Crippen molar-refractivity contribution < 1.29 is 23.6 Å². The molecule has 0 heterocycles. The average molecular weight is 285 g/mol. The van der Waals surface area contributed by atoms with Gasteiger partial charge in [0, 0.05) is 18.7 Å². The Morgan fingerprint density at radius 1 is 1.50 bits per heavy atom. The summed E-state index contributed by atoms with van der Waals surface area (Å²) in [6.45, 7) is 5.38. The van der Waals surface area contributed by atoms with Crippen molar-refractivity contribution >= 4 is 11.7 Å². The average Bonchev–Trinajstić information content (AvgIpc) is 2.38. The minimum absolute atomic E-state index is 0.0172. The Morgan fingerprint density at radius 3 is 2.70 bits per heavy atom. The van der Waals surface area contributed by atoms with Gasteiger partial charge in [-0.3, -0.25) is 10.1 Å². The Bertz CT molecular complexity index is 518. The van der Waals surface area contributed by atoms with E-state index >= 15 is 0 Å². The Balaban J connectivity index is 2.94. The van der Waals surface area contributed by atoms with Crippen molar-refractivity contribution in [2.75, 3.05) is 13.2 Å². The zero-order valence-electron chi connectivity index (χ0n) is 11.5. The van der Waals surface area contributed by atoms with Crippen molar-refractivity contribution in [1.29, 1.82) is 0 Å². The maximum atomic E-state index is 13.8. The van der Waals surface area contributed by atoms with Gasteiger partial charge in [0.15, 0.2) is 0 Å². The molecule has 7 heteroatoms. The summed E-state index contributed by atoms with van der Waals surface area (Å²) in [7, 11) is 0. The molecular formula is C13H16FNO5. The van der Waals surface area contributed by atoms with Crippen molar-refractivity contribution in [3.8, 4) is 0 Å². The molecule has 20 heavy (non-hydrogen) atoms. The SMILES string of the molecule is CCOCC(C)OC(=O)c1cc([N+](=O)[O-])cc(C)c1F. The van der Waals surface area contributed by atoms with Crippen LogP contribution in [0.25, 0.3) is 0 Å². The molecule has 0 amide bonds. The number of halogens is 1. The van der Waals surface area contributed by atoms with Crippen molar-refractivity contribution in [2.45, 2.75) is 26.9 Å². The van der Waals surface area contributed by atoms with E-state index in [1.54, 1.807) is 13.8 Å². The van der Waals surface area contributed by atoms with Crippen molar-refractivity contribution in [3.05, 3.63) is 39.2 Å². The molecule has 0 N–H and O–H groups in total. The van der Waals surface area contributed by atoms with Gasteiger partial charge < -0.3 is 9.47 Å². The van der Waals surface area contributed by atoms with Crippen LogP contribution in [0.2, 0.25) is 0 Å². The van der Waals surface area contributed by atoms with Crippen molar-refractivity contribution in [1.82, 2.24) is 0 Å². The van der Waals surface area contributed by atoms with Crippen LogP contribution in [0.4, 0.5) is 10.1 Å². The fourth-order valence-electron chi connectivity index (χ4n) is 1.57. The molecular weight excluding hydrogens is 269 g/mol. The Hall–Kier alpha value is -2.02. The number of nitro benzene ring substituents is 1. The summed E-state index contributed by atoms with van der Waals surface area (Å²) >= 11 is 0. The number of ether oxygens (including phenoxy) is 2. The molecule has 0 aliphatic carbocycles. The number of nitrogens with zero attached hydrogens (tertiary/aromatic N) is 1. The topological polar surface area (TPSA) is 78.7 Å². The molecule has 0 aliphatic heterocycles. The van der Waals surface area contributed by atoms with Crippen LogP contribution in [0.1, 0.15) is 29.8 Å². The maximum absolute atomic E-state index is 13.8. The minimum Gasteiger partial charge on any atom is -0.457 e. The second kappa shape index (κ2) is 6.95. The highest BCUT2D eigenvalue weighted by Gasteiger charge is 2.22. The lowest BCUT2D eigenvalue weighted by Crippen LogP contribution is -2.21. The number of rotatable bonds is 6. The van der Waals surface area contributed by atoms with E-state index in [9.17, 15) is 19.3 Å². The van der Waals surface area contributed by atoms with Gasteiger partial charge >= 0.3 is 5.97 Å². The highest BCUT2D eigenvalue weighted by atomic mass is 19.1. The largest absolute Gasteiger partial charge is 0.457 e. The molecule has 0 aromatic heterocycles. The van der Waals surface area contributed by atoms with Gasteiger partial charge in [0.2, 0.25) is 0 Å². The Labute approximate surface area is 115 Å². The van der Waals surface area contributed by atoms with Gasteiger partial charge in [-0.15, -0.1) is 0 Å². The Kier molecular flexibility index (Phi) is 5.57. The third kappa shape index (κ3) is 3.99. The first-order valence-electron chi connectivity index (χ1n) is 6.10. The van der Waals surface area contributed by atoms with E-state index in [1.807, 2.05) is 0 Å². The van der Waals surface area contributed by atoms with Crippen LogP contribution in [0.3, 0.4) is 0 Å². The van der Waals surface area contributed by atoms with Crippen LogP contribution >= 0.6 is 0 Å². The van der Waals surface area contributed by atoms with Gasteiger partial charge in [0.25, 0.3) is 5.69 Å². The number of hydrogen-bond donors (Lipinski definition) is 0. The highest BCUT2D eigenvalue weighted by molar-refractivity contribution is 5.91. The van der Waals surface area contributed by atoms with Crippen LogP contribution in [0.15, 0.2) is 12.1 Å². The molecule has 1 atom stereocenters. The van der Waals surface area contributed by atoms with Crippen LogP contribution < -0.4 is 0 Å². The lowest BCUT2D eigenvalue weighted by molar-refractivity contribution is -0.385. The Morgan fingerprint density at radius 2 is 2.15 bits per heavy atom. The van der Waals surface area contributed by atoms with Gasteiger partial charge in [-0.25, -0.2) is 9.18 Å². The fourth-order valence-corrected chi connectivity index (χ4v) is 1.57. The fraction of sp³-hybridized carbons (Fsp3) is 0.462. The summed E-state index contributed by atoms with van der Waals surface area (Å²) in [4.78, 5) is 21.9. The predicted molar refractivity (Wildman–Crippen MR) is 69.2 cm³/mol. The number of non-ortho nitro benzene ring substituents is 1. The number of esters is 1. The standard InChI is InChI=1S/C13H16FNO5/c1-4-19-7-9(3)20-13(16)11-6-10(15(17)18)5-8(2)12(11)14/h5-6,9H,4,7H2,1-3H3. The molecule has 1 rings (SSSR count). The molecule has 0 bridgehead atoms. The van der Waals surface area contributed by atoms with E-state index in [0.717, 1.165) is 12.1 Å². The summed E-state index contributed by atoms with van der Waals surface area (Å²) in [5.41, 5.74) is -0.781. The first-order valence-corrected chi connectivity index (χ1v) is 6.10. The molecule has 0 aliphatic rings. The number of carbonyl (C=O) groups excluding carboxylic acids is 1. The molecule has 0 saturated carbocycles. The van der Waals surface area contributed by atoms with E-state index in [4.69, 9.17) is 9.47 Å². The third-order valence-electron chi connectivity index (χ3n) is 2.53. The molecule has 1 aromatic carbocycles. The summed E-state index contributed by atoms with van der Waals surface area (Å²) in [5.74, 6) is -1.76. The van der Waals surface area contributed by atoms with Crippen LogP contribution in [-0.4, -0.2) is 30.2 Å². The molecule has 0 fully saturated rings. The lowest BCUT2D eigenvalue weighted by atomic mass is 10.1. The summed E-state index contributed by atoms with van der Waals surface area (Å²) < 4.78 is 23.9. The highest BCUT2D eigenvalue weighted by Crippen LogP contribution is 2.22. The van der Waals surface area contributed by atoms with Gasteiger partial charge in [-0.1, -0.05) is 0 Å². The lowest BCUT2D eigenvalue weighted by Gasteiger charge is -2.13. The predicted octanol–water partition coefficient (Wildman–Crippen LogP) is 2.62. The summed E-state index contributed by atoms with van der Waals surface area (Å²) in [6, 6.07) is 1.94. The summed E-state index contributed by atoms with van der Waals surface area (Å²) in [5, 5.41) is 10.7. The van der Waals surface area contributed by atoms with Gasteiger partial charge in [0.1, 0.15) is 17.5 Å². The molecule has 1 unspecified atom stereocenters. The van der Waals surface area contributed by atoms with Gasteiger partial charge in [-0.05, 0) is 26.3 Å². The van der Waals surface area contributed by atoms with Crippen molar-refractivity contribution in [2.24, 2.45) is 0 Å². The maximum Gasteiger partial charge on any atom is 0.341 e. The van der Waals surface area contributed by atoms with Crippen LogP contribution in [-0.2, 0) is 9.47 Å². The van der Waals surface area contributed by atoms with Gasteiger partial charge in [-0.2, -0.15) is 0 Å². The second-order valence-corrected chi connectivity index (χ2v) is 4.26. The number of aryl methyl sites for hydroxylation is 1. The minimum atomic E-state index is -0.943. The van der Waals surface area contributed by atoms with Gasteiger partial charge in [0.05, 0.1) is 11.5 Å². The number of nitro groups is 1. The molecule has 0 radical (unpaired) electrons. The molecule has 6 nitrogen and oxygen atoms in total. The smallest absolute Gasteiger partial charge is 0.341 e. The normalized spacial score (nSPS) is 12.0. The van der Waals surface area contributed by atoms with Crippen molar-refractivity contribution in [3.63, 3.8) is 0 Å². The van der Waals surface area contributed by atoms with E-state index in [-0.39, 0.29) is 17.9 Å². The number of carbonyl (C=O) groups is 1. The number of benzene rings is 1. The van der Waals surface area contributed by atoms with E-state index in [2.05, 4.69) is 0 Å². The molecule has 1 aromatic rings. The first-order chi connectivity index (χ1) is 9.36.